The maximum absolute atomic E-state index is 10.8. The second kappa shape index (κ2) is 4.35. The number of oxime groups is 1. The van der Waals surface area contributed by atoms with Crippen molar-refractivity contribution in [3.63, 3.8) is 0 Å². The molecule has 0 bridgehead atoms. The first-order chi connectivity index (χ1) is 5.25. The molecule has 1 aromatic heterocycles. The minimum absolute atomic E-state index is 0. The number of hydrogen-bond donors (Lipinski definition) is 3. The highest BCUT2D eigenvalue weighted by atomic mass is 35.5. The van der Waals surface area contributed by atoms with E-state index in [1.54, 1.807) is 0 Å². The molecule has 12 heavy (non-hydrogen) atoms. The number of aromatic hydroxyl groups is 1. The highest BCUT2D eigenvalue weighted by molar-refractivity contribution is 5.85. The first-order valence-corrected chi connectivity index (χ1v) is 2.70. The number of nitrogens with one attached hydrogen (secondary N) is 1. The monoisotopic (exact) mass is 191 g/mol. The molecule has 0 saturated heterocycles. The van der Waals surface area contributed by atoms with E-state index in [4.69, 9.17) is 10.3 Å². The SMILES string of the molecule is Cl.O=c1[nH]cnc(O)c1C=NO. The van der Waals surface area contributed by atoms with E-state index in [-0.39, 0.29) is 18.0 Å². The van der Waals surface area contributed by atoms with Gasteiger partial charge in [-0.3, -0.25) is 4.79 Å². The molecule has 0 saturated carbocycles. The lowest BCUT2D eigenvalue weighted by atomic mass is 10.3. The Hall–Kier alpha value is -1.56. The Labute approximate surface area is 73.0 Å². The number of H-pyrrole nitrogens is 1. The maximum atomic E-state index is 10.8. The van der Waals surface area contributed by atoms with Crippen molar-refractivity contribution >= 4 is 18.6 Å². The van der Waals surface area contributed by atoms with E-state index >= 15 is 0 Å². The summed E-state index contributed by atoms with van der Waals surface area (Å²) in [5, 5.41) is 19.5. The predicted octanol–water partition coefficient (Wildman–Crippen LogP) is -0.295. The van der Waals surface area contributed by atoms with Crippen molar-refractivity contribution in [2.75, 3.05) is 0 Å². The maximum Gasteiger partial charge on any atom is 0.263 e. The van der Waals surface area contributed by atoms with E-state index in [1.165, 1.54) is 0 Å². The minimum atomic E-state index is -0.560. The largest absolute Gasteiger partial charge is 0.493 e. The Kier molecular flexibility index (Phi) is 3.78. The van der Waals surface area contributed by atoms with Crippen LogP contribution in [0, 0.1) is 0 Å². The van der Waals surface area contributed by atoms with Gasteiger partial charge < -0.3 is 15.3 Å². The van der Waals surface area contributed by atoms with Crippen molar-refractivity contribution < 1.29 is 10.3 Å². The fourth-order valence-corrected chi connectivity index (χ4v) is 0.575. The van der Waals surface area contributed by atoms with Gasteiger partial charge in [-0.1, -0.05) is 5.16 Å². The second-order valence-electron chi connectivity index (χ2n) is 1.71. The van der Waals surface area contributed by atoms with Crippen molar-refractivity contribution in [1.29, 1.82) is 0 Å². The van der Waals surface area contributed by atoms with Crippen LogP contribution >= 0.6 is 12.4 Å². The van der Waals surface area contributed by atoms with Gasteiger partial charge in [-0.2, -0.15) is 0 Å². The number of halogens is 1. The van der Waals surface area contributed by atoms with Crippen LogP contribution in [0.1, 0.15) is 5.56 Å². The number of nitrogens with zero attached hydrogens (tertiary/aromatic N) is 2. The molecule has 0 spiro atoms. The molecule has 66 valence electrons. The molecule has 0 unspecified atom stereocenters. The van der Waals surface area contributed by atoms with Gasteiger partial charge in [0.15, 0.2) is 0 Å². The Balaban J connectivity index is 0.00000121. The molecule has 7 heteroatoms. The summed E-state index contributed by atoms with van der Waals surface area (Å²) in [6, 6.07) is 0. The molecule has 0 radical (unpaired) electrons. The molecule has 1 heterocycles. The third-order valence-corrected chi connectivity index (χ3v) is 1.05. The second-order valence-corrected chi connectivity index (χ2v) is 1.71. The molecule has 0 aliphatic carbocycles. The molecule has 1 rings (SSSR count). The predicted molar refractivity (Wildman–Crippen MR) is 43.2 cm³/mol. The van der Waals surface area contributed by atoms with Gasteiger partial charge in [-0.25, -0.2) is 4.98 Å². The summed E-state index contributed by atoms with van der Waals surface area (Å²) < 4.78 is 0. The standard InChI is InChI=1S/C5H5N3O3.ClH/c9-4-3(1-8-11)5(10)7-2-6-4;/h1-2,11H,(H2,6,7,9,10);1H. The molecule has 0 atom stereocenters. The summed E-state index contributed by atoms with van der Waals surface area (Å²) in [5.41, 5.74) is -0.731. The summed E-state index contributed by atoms with van der Waals surface area (Å²) in [5.74, 6) is -0.466. The average Bonchev–Trinajstić information content (AvgIpc) is 1.97. The van der Waals surface area contributed by atoms with Crippen molar-refractivity contribution in [2.24, 2.45) is 5.16 Å². The molecule has 1 aromatic rings. The van der Waals surface area contributed by atoms with Crippen LogP contribution in [0.2, 0.25) is 0 Å². The van der Waals surface area contributed by atoms with Crippen molar-refractivity contribution in [3.8, 4) is 5.88 Å². The Bertz CT molecular complexity index is 335. The van der Waals surface area contributed by atoms with Crippen LogP contribution in [0.5, 0.6) is 5.88 Å². The first kappa shape index (κ1) is 10.4. The van der Waals surface area contributed by atoms with Gasteiger partial charge in [0.1, 0.15) is 5.56 Å². The summed E-state index contributed by atoms with van der Waals surface area (Å²) in [6.07, 6.45) is 1.85. The highest BCUT2D eigenvalue weighted by Crippen LogP contribution is 2.01. The van der Waals surface area contributed by atoms with Crippen LogP contribution in [0.4, 0.5) is 0 Å². The van der Waals surface area contributed by atoms with E-state index in [0.717, 1.165) is 12.5 Å². The average molecular weight is 192 g/mol. The summed E-state index contributed by atoms with van der Waals surface area (Å²) in [7, 11) is 0. The van der Waals surface area contributed by atoms with E-state index in [9.17, 15) is 4.79 Å². The fraction of sp³-hybridized carbons (Fsp3) is 0. The van der Waals surface area contributed by atoms with Gasteiger partial charge >= 0.3 is 0 Å². The highest BCUT2D eigenvalue weighted by Gasteiger charge is 2.02. The van der Waals surface area contributed by atoms with E-state index in [0.29, 0.717) is 0 Å². The van der Waals surface area contributed by atoms with Gasteiger partial charge in [0.2, 0.25) is 5.88 Å². The zero-order valence-corrected chi connectivity index (χ0v) is 6.58. The van der Waals surface area contributed by atoms with Crippen LogP contribution in [-0.2, 0) is 0 Å². The normalized spacial score (nSPS) is 9.67. The van der Waals surface area contributed by atoms with Crippen LogP contribution in [0.3, 0.4) is 0 Å². The topological polar surface area (TPSA) is 98.6 Å². The van der Waals surface area contributed by atoms with Gasteiger partial charge in [-0.15, -0.1) is 12.4 Å². The first-order valence-electron chi connectivity index (χ1n) is 2.70. The summed E-state index contributed by atoms with van der Waals surface area (Å²) >= 11 is 0. The molecule has 0 aliphatic rings. The van der Waals surface area contributed by atoms with E-state index < -0.39 is 11.4 Å². The quantitative estimate of drug-likeness (QED) is 0.323. The Morgan fingerprint density at radius 3 is 2.83 bits per heavy atom. The molecule has 0 amide bonds. The third-order valence-electron chi connectivity index (χ3n) is 1.05. The summed E-state index contributed by atoms with van der Waals surface area (Å²) in [6.45, 7) is 0. The Morgan fingerprint density at radius 1 is 1.67 bits per heavy atom. The van der Waals surface area contributed by atoms with E-state index in [2.05, 4.69) is 15.1 Å². The minimum Gasteiger partial charge on any atom is -0.493 e. The third kappa shape index (κ3) is 1.96. The molecular formula is C5H6ClN3O3. The molecule has 0 aliphatic heterocycles. The van der Waals surface area contributed by atoms with Crippen LogP contribution < -0.4 is 5.56 Å². The number of aromatic amines is 1. The fourth-order valence-electron chi connectivity index (χ4n) is 0.575. The Morgan fingerprint density at radius 2 is 2.33 bits per heavy atom. The number of rotatable bonds is 1. The van der Waals surface area contributed by atoms with Gasteiger partial charge in [0.05, 0.1) is 12.5 Å². The van der Waals surface area contributed by atoms with Gasteiger partial charge in [0, 0.05) is 0 Å². The van der Waals surface area contributed by atoms with E-state index in [1.807, 2.05) is 0 Å². The van der Waals surface area contributed by atoms with Crippen molar-refractivity contribution in [3.05, 3.63) is 22.2 Å². The van der Waals surface area contributed by atoms with Gasteiger partial charge in [-0.05, 0) is 0 Å². The molecule has 3 N–H and O–H groups in total. The zero-order valence-electron chi connectivity index (χ0n) is 5.76. The molecule has 0 aromatic carbocycles. The van der Waals surface area contributed by atoms with Crippen molar-refractivity contribution in [2.45, 2.75) is 0 Å². The molecular weight excluding hydrogens is 186 g/mol. The number of hydrogen-bond acceptors (Lipinski definition) is 5. The molecule has 0 fully saturated rings. The summed E-state index contributed by atoms with van der Waals surface area (Å²) in [4.78, 5) is 16.3. The van der Waals surface area contributed by atoms with Crippen LogP contribution in [0.15, 0.2) is 16.3 Å². The lowest BCUT2D eigenvalue weighted by Gasteiger charge is -1.91. The number of aromatic nitrogens is 2. The van der Waals surface area contributed by atoms with Gasteiger partial charge in [0.25, 0.3) is 5.56 Å². The van der Waals surface area contributed by atoms with Crippen molar-refractivity contribution in [1.82, 2.24) is 9.97 Å². The lowest BCUT2D eigenvalue weighted by molar-refractivity contribution is 0.321. The zero-order chi connectivity index (χ0) is 8.27. The molecule has 6 nitrogen and oxygen atoms in total. The smallest absolute Gasteiger partial charge is 0.263 e. The van der Waals surface area contributed by atoms with Crippen LogP contribution in [-0.4, -0.2) is 26.5 Å². The lowest BCUT2D eigenvalue weighted by Crippen LogP contribution is -2.12. The van der Waals surface area contributed by atoms with Crippen LogP contribution in [0.25, 0.3) is 0 Å².